The van der Waals surface area contributed by atoms with E-state index < -0.39 is 0 Å². The number of likely N-dealkylation sites (tertiary alicyclic amines) is 1. The van der Waals surface area contributed by atoms with E-state index in [0.717, 1.165) is 89.4 Å². The van der Waals surface area contributed by atoms with Gasteiger partial charge in [0.25, 0.3) is 0 Å². The maximum Gasteiger partial charge on any atom is 0.226 e. The van der Waals surface area contributed by atoms with Crippen molar-refractivity contribution in [3.05, 3.63) is 53.9 Å². The third-order valence-electron chi connectivity index (χ3n) is 8.78. The van der Waals surface area contributed by atoms with Crippen LogP contribution >= 0.6 is 0 Å². The average molecular weight is 519 g/mol. The first-order chi connectivity index (χ1) is 18.5. The number of allylic oxidation sites excluding steroid dienone is 2. The molecule has 1 amide bonds. The molecule has 0 radical (unpaired) electrons. The maximum absolute atomic E-state index is 13.0. The number of piperidine rings is 1. The number of ether oxygens (including phenoxy) is 1. The van der Waals surface area contributed by atoms with Gasteiger partial charge in [-0.15, -0.1) is 0 Å². The maximum atomic E-state index is 13.0. The van der Waals surface area contributed by atoms with E-state index in [2.05, 4.69) is 71.1 Å². The number of rotatable bonds is 8. The minimum Gasteiger partial charge on any atom is -0.493 e. The SMILES string of the molecule is CCc1cnc(N2CCC(COc3ccc(C4=CCC(C(=O)N5CC[C@@H]([NH+](C)C)C5)CC4)cc3)CC2)nc1. The van der Waals surface area contributed by atoms with Crippen LogP contribution in [0.3, 0.4) is 0 Å². The Kier molecular flexibility index (Phi) is 8.62. The summed E-state index contributed by atoms with van der Waals surface area (Å²) >= 11 is 0. The van der Waals surface area contributed by atoms with Gasteiger partial charge in [-0.3, -0.25) is 4.79 Å². The van der Waals surface area contributed by atoms with Crippen molar-refractivity contribution in [3.8, 4) is 5.75 Å². The van der Waals surface area contributed by atoms with E-state index in [4.69, 9.17) is 4.74 Å². The second kappa shape index (κ2) is 12.3. The normalized spacial score (nSPS) is 22.6. The Hall–Kier alpha value is -2.93. The third kappa shape index (κ3) is 6.37. The molecule has 2 saturated heterocycles. The predicted octanol–water partition coefficient (Wildman–Crippen LogP) is 3.26. The molecule has 204 valence electrons. The van der Waals surface area contributed by atoms with E-state index in [1.807, 2.05) is 12.4 Å². The Bertz CT molecular complexity index is 1090. The summed E-state index contributed by atoms with van der Waals surface area (Å²) in [6.07, 6.45) is 13.2. The lowest BCUT2D eigenvalue weighted by atomic mass is 9.86. The molecule has 0 bridgehead atoms. The molecule has 7 heteroatoms. The molecule has 1 N–H and O–H groups in total. The zero-order valence-corrected chi connectivity index (χ0v) is 23.4. The molecule has 1 aromatic carbocycles. The van der Waals surface area contributed by atoms with Gasteiger partial charge in [0.2, 0.25) is 11.9 Å². The molecular weight excluding hydrogens is 474 g/mol. The standard InChI is InChI=1S/C31H43N5O2/c1-4-23-19-32-31(33-20-23)35-16-13-24(14-17-35)22-38-29-11-9-26(10-12-29)25-5-7-27(8-6-25)30(37)36-18-15-28(21-36)34(2)3/h5,9-12,19-20,24,27-28H,4,6-8,13-18,21-22H2,1-3H3/p+1/t27?,28-/m1/s1. The molecule has 0 spiro atoms. The number of aromatic nitrogens is 2. The largest absolute Gasteiger partial charge is 0.493 e. The molecule has 7 nitrogen and oxygen atoms in total. The monoisotopic (exact) mass is 518 g/mol. The lowest BCUT2D eigenvalue weighted by Crippen LogP contribution is -3.10. The highest BCUT2D eigenvalue weighted by Crippen LogP contribution is 2.32. The van der Waals surface area contributed by atoms with E-state index in [1.165, 1.54) is 21.6 Å². The van der Waals surface area contributed by atoms with E-state index >= 15 is 0 Å². The van der Waals surface area contributed by atoms with Gasteiger partial charge in [0.15, 0.2) is 0 Å². The highest BCUT2D eigenvalue weighted by Gasteiger charge is 2.34. The van der Waals surface area contributed by atoms with Crippen molar-refractivity contribution in [1.29, 1.82) is 0 Å². The molecule has 1 unspecified atom stereocenters. The van der Waals surface area contributed by atoms with Crippen LogP contribution < -0.4 is 14.5 Å². The lowest BCUT2D eigenvalue weighted by molar-refractivity contribution is -0.883. The van der Waals surface area contributed by atoms with Crippen molar-refractivity contribution in [3.63, 3.8) is 0 Å². The molecule has 2 aliphatic heterocycles. The quantitative estimate of drug-likeness (QED) is 0.581. The van der Waals surface area contributed by atoms with Gasteiger partial charge >= 0.3 is 0 Å². The molecule has 5 rings (SSSR count). The van der Waals surface area contributed by atoms with Gasteiger partial charge in [0.1, 0.15) is 11.8 Å². The molecule has 2 aromatic rings. The number of nitrogens with zero attached hydrogens (tertiary/aromatic N) is 4. The Morgan fingerprint density at radius 3 is 2.37 bits per heavy atom. The van der Waals surface area contributed by atoms with Crippen molar-refractivity contribution >= 4 is 17.4 Å². The fourth-order valence-electron chi connectivity index (χ4n) is 5.98. The van der Waals surface area contributed by atoms with Crippen LogP contribution in [-0.4, -0.2) is 73.7 Å². The molecule has 3 heterocycles. The number of carbonyl (C=O) groups excluding carboxylic acids is 1. The summed E-state index contributed by atoms with van der Waals surface area (Å²) in [6, 6.07) is 9.13. The summed E-state index contributed by atoms with van der Waals surface area (Å²) in [5.41, 5.74) is 3.79. The first kappa shape index (κ1) is 26.7. The van der Waals surface area contributed by atoms with Crippen LogP contribution in [0.25, 0.3) is 5.57 Å². The third-order valence-corrected chi connectivity index (χ3v) is 8.78. The molecule has 3 aliphatic rings. The van der Waals surface area contributed by atoms with Gasteiger partial charge < -0.3 is 19.4 Å². The van der Waals surface area contributed by atoms with Crippen LogP contribution in [0.2, 0.25) is 0 Å². The predicted molar refractivity (Wildman–Crippen MR) is 151 cm³/mol. The van der Waals surface area contributed by atoms with E-state index in [0.29, 0.717) is 17.9 Å². The molecular formula is C31H44N5O2+. The van der Waals surface area contributed by atoms with Crippen LogP contribution in [0.1, 0.15) is 56.6 Å². The van der Waals surface area contributed by atoms with Gasteiger partial charge in [0.05, 0.1) is 27.2 Å². The minimum atomic E-state index is 0.144. The first-order valence-corrected chi connectivity index (χ1v) is 14.6. The molecule has 38 heavy (non-hydrogen) atoms. The number of nitrogens with one attached hydrogen (secondary N) is 1. The van der Waals surface area contributed by atoms with Crippen molar-refractivity contribution in [2.45, 2.75) is 57.9 Å². The van der Waals surface area contributed by atoms with Gasteiger partial charge in [0, 0.05) is 44.4 Å². The lowest BCUT2D eigenvalue weighted by Gasteiger charge is -2.31. The number of anilines is 1. The number of benzene rings is 1. The van der Waals surface area contributed by atoms with Crippen molar-refractivity contribution < 1.29 is 14.4 Å². The zero-order chi connectivity index (χ0) is 26.5. The van der Waals surface area contributed by atoms with Gasteiger partial charge in [-0.1, -0.05) is 25.1 Å². The number of hydrogen-bond donors (Lipinski definition) is 1. The second-order valence-electron chi connectivity index (χ2n) is 11.6. The summed E-state index contributed by atoms with van der Waals surface area (Å²) in [5.74, 6) is 2.85. The van der Waals surface area contributed by atoms with Crippen LogP contribution in [0.15, 0.2) is 42.7 Å². The van der Waals surface area contributed by atoms with Crippen LogP contribution in [0.4, 0.5) is 5.95 Å². The highest BCUT2D eigenvalue weighted by atomic mass is 16.5. The molecule has 2 fully saturated rings. The zero-order valence-electron chi connectivity index (χ0n) is 23.4. The van der Waals surface area contributed by atoms with Crippen LogP contribution in [0, 0.1) is 11.8 Å². The summed E-state index contributed by atoms with van der Waals surface area (Å²) in [6.45, 7) is 6.66. The first-order valence-electron chi connectivity index (χ1n) is 14.6. The Morgan fingerprint density at radius 2 is 1.76 bits per heavy atom. The fraction of sp³-hybridized carbons (Fsp3) is 0.581. The van der Waals surface area contributed by atoms with Crippen LogP contribution in [0.5, 0.6) is 5.75 Å². The average Bonchev–Trinajstić information content (AvgIpc) is 3.47. The summed E-state index contributed by atoms with van der Waals surface area (Å²) in [7, 11) is 4.38. The Labute approximate surface area is 227 Å². The summed E-state index contributed by atoms with van der Waals surface area (Å²) < 4.78 is 6.17. The van der Waals surface area contributed by atoms with Crippen molar-refractivity contribution in [2.24, 2.45) is 11.8 Å². The van der Waals surface area contributed by atoms with Crippen molar-refractivity contribution in [2.75, 3.05) is 51.8 Å². The second-order valence-corrected chi connectivity index (χ2v) is 11.6. The molecule has 2 atom stereocenters. The van der Waals surface area contributed by atoms with Gasteiger partial charge in [-0.2, -0.15) is 0 Å². The number of amides is 1. The number of likely N-dealkylation sites (N-methyl/N-ethyl adjacent to an activating group) is 1. The Morgan fingerprint density at radius 1 is 1.03 bits per heavy atom. The number of aryl methyl sites for hydroxylation is 1. The Balaban J connectivity index is 1.06. The smallest absolute Gasteiger partial charge is 0.226 e. The molecule has 1 aliphatic carbocycles. The fourth-order valence-corrected chi connectivity index (χ4v) is 5.98. The topological polar surface area (TPSA) is 63.0 Å². The minimum absolute atomic E-state index is 0.144. The number of carbonyl (C=O) groups is 1. The highest BCUT2D eigenvalue weighted by molar-refractivity contribution is 5.81. The number of quaternary nitrogens is 1. The van der Waals surface area contributed by atoms with Crippen molar-refractivity contribution in [1.82, 2.24) is 14.9 Å². The van der Waals surface area contributed by atoms with Gasteiger partial charge in [-0.05, 0) is 73.3 Å². The summed E-state index contributed by atoms with van der Waals surface area (Å²) in [5, 5.41) is 0. The summed E-state index contributed by atoms with van der Waals surface area (Å²) in [4.78, 5) is 28.0. The van der Waals surface area contributed by atoms with E-state index in [-0.39, 0.29) is 5.92 Å². The van der Waals surface area contributed by atoms with E-state index in [1.54, 1.807) is 0 Å². The molecule has 1 aromatic heterocycles. The van der Waals surface area contributed by atoms with Crippen LogP contribution in [-0.2, 0) is 11.2 Å². The molecule has 0 saturated carbocycles. The van der Waals surface area contributed by atoms with Gasteiger partial charge in [-0.25, -0.2) is 9.97 Å². The number of hydrogen-bond acceptors (Lipinski definition) is 5. The van der Waals surface area contributed by atoms with E-state index in [9.17, 15) is 4.79 Å².